The molecule has 0 spiro atoms. The molecule has 2 aromatic rings. The molecule has 2 N–H and O–H groups in total. The highest BCUT2D eigenvalue weighted by Gasteiger charge is 2.03. The number of ether oxygens (including phenoxy) is 1. The molecule has 5 heteroatoms. The summed E-state index contributed by atoms with van der Waals surface area (Å²) in [5, 5.41) is 11.4. The molecule has 1 aromatic carbocycles. The van der Waals surface area contributed by atoms with E-state index < -0.39 is 0 Å². The number of rotatable bonds is 5. The average Bonchev–Trinajstić information content (AvgIpc) is 2.96. The van der Waals surface area contributed by atoms with Crippen molar-refractivity contribution in [3.63, 3.8) is 0 Å². The van der Waals surface area contributed by atoms with E-state index in [2.05, 4.69) is 10.3 Å². The lowest BCUT2D eigenvalue weighted by atomic mass is 10.2. The highest BCUT2D eigenvalue weighted by atomic mass is 16.5. The van der Waals surface area contributed by atoms with Crippen molar-refractivity contribution in [3.8, 4) is 11.8 Å². The quantitative estimate of drug-likeness (QED) is 0.851. The van der Waals surface area contributed by atoms with Gasteiger partial charge in [-0.25, -0.2) is 0 Å². The molecule has 0 aliphatic heterocycles. The van der Waals surface area contributed by atoms with Gasteiger partial charge in [0.25, 0.3) is 5.91 Å². The Kier molecular flexibility index (Phi) is 4.19. The van der Waals surface area contributed by atoms with E-state index in [9.17, 15) is 4.79 Å². The highest BCUT2D eigenvalue weighted by Crippen LogP contribution is 2.11. The number of nitriles is 1. The summed E-state index contributed by atoms with van der Waals surface area (Å²) in [4.78, 5) is 14.4. The van der Waals surface area contributed by atoms with Crippen LogP contribution in [0.15, 0.2) is 42.7 Å². The van der Waals surface area contributed by atoms with Crippen LogP contribution in [0.4, 0.5) is 0 Å². The van der Waals surface area contributed by atoms with Crippen LogP contribution in [-0.4, -0.2) is 17.5 Å². The topological polar surface area (TPSA) is 77.9 Å². The number of nitrogens with zero attached hydrogens (tertiary/aromatic N) is 1. The van der Waals surface area contributed by atoms with E-state index in [1.165, 1.54) is 0 Å². The fourth-order valence-electron chi connectivity index (χ4n) is 1.49. The Morgan fingerprint density at radius 1 is 1.32 bits per heavy atom. The van der Waals surface area contributed by atoms with Crippen molar-refractivity contribution in [1.82, 2.24) is 10.3 Å². The number of hydrogen-bond donors (Lipinski definition) is 2. The van der Waals surface area contributed by atoms with Gasteiger partial charge in [-0.2, -0.15) is 5.26 Å². The van der Waals surface area contributed by atoms with Gasteiger partial charge in [-0.1, -0.05) is 0 Å². The Morgan fingerprint density at radius 3 is 2.74 bits per heavy atom. The molecule has 0 fully saturated rings. The molecule has 19 heavy (non-hydrogen) atoms. The van der Waals surface area contributed by atoms with Crippen molar-refractivity contribution in [1.29, 1.82) is 5.26 Å². The van der Waals surface area contributed by atoms with Crippen molar-refractivity contribution in [2.45, 2.75) is 6.54 Å². The third kappa shape index (κ3) is 3.89. The van der Waals surface area contributed by atoms with Crippen LogP contribution in [0.25, 0.3) is 0 Å². The molecule has 0 radical (unpaired) electrons. The van der Waals surface area contributed by atoms with Crippen LogP contribution >= 0.6 is 0 Å². The predicted molar refractivity (Wildman–Crippen MR) is 69.3 cm³/mol. The number of nitrogens with one attached hydrogen (secondary N) is 2. The van der Waals surface area contributed by atoms with Gasteiger partial charge in [0.1, 0.15) is 5.75 Å². The lowest BCUT2D eigenvalue weighted by molar-refractivity contribution is -0.123. The highest BCUT2D eigenvalue weighted by molar-refractivity contribution is 5.77. The fraction of sp³-hybridized carbons (Fsp3) is 0.143. The van der Waals surface area contributed by atoms with E-state index in [0.29, 0.717) is 17.9 Å². The van der Waals surface area contributed by atoms with Gasteiger partial charge in [-0.15, -0.1) is 0 Å². The Labute approximate surface area is 110 Å². The molecule has 0 saturated heterocycles. The number of H-pyrrole nitrogens is 1. The molecule has 2 rings (SSSR count). The Morgan fingerprint density at radius 2 is 2.11 bits per heavy atom. The minimum atomic E-state index is -0.189. The van der Waals surface area contributed by atoms with Crippen LogP contribution < -0.4 is 10.1 Å². The molecule has 96 valence electrons. The second kappa shape index (κ2) is 6.26. The number of benzene rings is 1. The first-order valence-electron chi connectivity index (χ1n) is 5.79. The first kappa shape index (κ1) is 12.7. The number of carbonyl (C=O) groups is 1. The predicted octanol–water partition coefficient (Wildman–Crippen LogP) is 1.58. The van der Waals surface area contributed by atoms with Crippen molar-refractivity contribution >= 4 is 5.91 Å². The SMILES string of the molecule is N#Cc1ccc(OCC(=O)NCc2cc[nH]c2)cc1. The summed E-state index contributed by atoms with van der Waals surface area (Å²) in [5.74, 6) is 0.376. The van der Waals surface area contributed by atoms with Crippen LogP contribution in [0.5, 0.6) is 5.75 Å². The summed E-state index contributed by atoms with van der Waals surface area (Å²) in [7, 11) is 0. The zero-order chi connectivity index (χ0) is 13.5. The van der Waals surface area contributed by atoms with Crippen LogP contribution in [0, 0.1) is 11.3 Å². The number of aromatic nitrogens is 1. The zero-order valence-corrected chi connectivity index (χ0v) is 10.2. The minimum Gasteiger partial charge on any atom is -0.484 e. The van der Waals surface area contributed by atoms with Crippen LogP contribution in [0.3, 0.4) is 0 Å². The molecular weight excluding hydrogens is 242 g/mol. The zero-order valence-electron chi connectivity index (χ0n) is 10.2. The monoisotopic (exact) mass is 255 g/mol. The maximum atomic E-state index is 11.5. The van der Waals surface area contributed by atoms with Crippen molar-refractivity contribution in [2.75, 3.05) is 6.61 Å². The first-order valence-corrected chi connectivity index (χ1v) is 5.79. The van der Waals surface area contributed by atoms with Crippen molar-refractivity contribution in [3.05, 3.63) is 53.9 Å². The molecule has 0 aliphatic rings. The Bertz CT molecular complexity index is 568. The molecule has 0 atom stereocenters. The number of hydrogen-bond acceptors (Lipinski definition) is 3. The summed E-state index contributed by atoms with van der Waals surface area (Å²) in [6.07, 6.45) is 3.62. The second-order valence-electron chi connectivity index (χ2n) is 3.92. The van der Waals surface area contributed by atoms with Crippen LogP contribution in [0.1, 0.15) is 11.1 Å². The summed E-state index contributed by atoms with van der Waals surface area (Å²) < 4.78 is 5.31. The van der Waals surface area contributed by atoms with Gasteiger partial charge in [0.15, 0.2) is 6.61 Å². The largest absolute Gasteiger partial charge is 0.484 e. The van der Waals surface area contributed by atoms with E-state index in [4.69, 9.17) is 10.00 Å². The maximum absolute atomic E-state index is 11.5. The molecule has 0 aliphatic carbocycles. The molecule has 1 heterocycles. The normalized spacial score (nSPS) is 9.63. The lowest BCUT2D eigenvalue weighted by Gasteiger charge is -2.06. The van der Waals surface area contributed by atoms with Gasteiger partial charge < -0.3 is 15.0 Å². The summed E-state index contributed by atoms with van der Waals surface area (Å²) in [5.41, 5.74) is 1.57. The number of amides is 1. The van der Waals surface area contributed by atoms with Gasteiger partial charge in [-0.3, -0.25) is 4.79 Å². The molecule has 0 bridgehead atoms. The third-order valence-electron chi connectivity index (χ3n) is 2.51. The third-order valence-corrected chi connectivity index (χ3v) is 2.51. The van der Waals surface area contributed by atoms with Gasteiger partial charge >= 0.3 is 0 Å². The molecule has 5 nitrogen and oxygen atoms in total. The van der Waals surface area contributed by atoms with E-state index >= 15 is 0 Å². The lowest BCUT2D eigenvalue weighted by Crippen LogP contribution is -2.28. The molecule has 0 unspecified atom stereocenters. The Hall–Kier alpha value is -2.74. The summed E-state index contributed by atoms with van der Waals surface area (Å²) in [6.45, 7) is 0.426. The fourth-order valence-corrected chi connectivity index (χ4v) is 1.49. The first-order chi connectivity index (χ1) is 9.28. The standard InChI is InChI=1S/C14H13N3O2/c15-7-11-1-3-13(4-2-11)19-10-14(18)17-9-12-5-6-16-8-12/h1-6,8,16H,9-10H2,(H,17,18). The van der Waals surface area contributed by atoms with Crippen LogP contribution in [0.2, 0.25) is 0 Å². The van der Waals surface area contributed by atoms with Gasteiger partial charge in [0.05, 0.1) is 11.6 Å². The van der Waals surface area contributed by atoms with Gasteiger partial charge in [0, 0.05) is 18.9 Å². The number of aromatic amines is 1. The molecule has 0 saturated carbocycles. The van der Waals surface area contributed by atoms with E-state index in [1.54, 1.807) is 30.5 Å². The maximum Gasteiger partial charge on any atom is 0.258 e. The Balaban J connectivity index is 1.75. The molecular formula is C14H13N3O2. The van der Waals surface area contributed by atoms with Gasteiger partial charge in [-0.05, 0) is 35.9 Å². The van der Waals surface area contributed by atoms with Crippen molar-refractivity contribution in [2.24, 2.45) is 0 Å². The van der Waals surface area contributed by atoms with Gasteiger partial charge in [0.2, 0.25) is 0 Å². The smallest absolute Gasteiger partial charge is 0.258 e. The van der Waals surface area contributed by atoms with Crippen LogP contribution in [-0.2, 0) is 11.3 Å². The van der Waals surface area contributed by atoms with E-state index in [-0.39, 0.29) is 12.5 Å². The molecule has 1 aromatic heterocycles. The summed E-state index contributed by atoms with van der Waals surface area (Å²) in [6, 6.07) is 10.5. The summed E-state index contributed by atoms with van der Waals surface area (Å²) >= 11 is 0. The van der Waals surface area contributed by atoms with E-state index in [1.807, 2.05) is 18.3 Å². The van der Waals surface area contributed by atoms with E-state index in [0.717, 1.165) is 5.56 Å². The number of carbonyl (C=O) groups excluding carboxylic acids is 1. The molecule has 1 amide bonds. The second-order valence-corrected chi connectivity index (χ2v) is 3.92. The minimum absolute atomic E-state index is 0.0453. The average molecular weight is 255 g/mol. The van der Waals surface area contributed by atoms with Crippen molar-refractivity contribution < 1.29 is 9.53 Å².